The zero-order chi connectivity index (χ0) is 25.4. The first-order chi connectivity index (χ1) is 17.2. The molecule has 1 aliphatic heterocycles. The van der Waals surface area contributed by atoms with E-state index in [9.17, 15) is 35.4 Å². The normalized spacial score (nSPS) is 24.3. The molecule has 2 aliphatic carbocycles. The lowest BCUT2D eigenvalue weighted by Crippen LogP contribution is -2.28. The molecule has 36 heavy (non-hydrogen) atoms. The third kappa shape index (κ3) is 3.05. The van der Waals surface area contributed by atoms with Crippen molar-refractivity contribution in [3.8, 4) is 23.0 Å². The Balaban J connectivity index is 1.72. The summed E-state index contributed by atoms with van der Waals surface area (Å²) in [7, 11) is 0. The van der Waals surface area contributed by atoms with Crippen LogP contribution in [0.15, 0.2) is 89.7 Å². The van der Waals surface area contributed by atoms with Gasteiger partial charge in [-0.25, -0.2) is 0 Å². The van der Waals surface area contributed by atoms with Crippen LogP contribution in [-0.2, 0) is 15.3 Å². The smallest absolute Gasteiger partial charge is 0.263 e. The summed E-state index contributed by atoms with van der Waals surface area (Å²) in [5, 5.41) is 64.8. The van der Waals surface area contributed by atoms with Crippen molar-refractivity contribution >= 4 is 11.4 Å². The van der Waals surface area contributed by atoms with Crippen LogP contribution in [-0.4, -0.2) is 42.5 Å². The molecule has 1 heterocycles. The molecule has 6 N–H and O–H groups in total. The average Bonchev–Trinajstić information content (AvgIpc) is 3.07. The van der Waals surface area contributed by atoms with E-state index in [0.29, 0.717) is 5.56 Å². The first-order valence-electron chi connectivity index (χ1n) is 11.1. The molecule has 8 nitrogen and oxygen atoms in total. The number of aliphatic hydroxyl groups is 2. The third-order valence-corrected chi connectivity index (χ3v) is 6.82. The van der Waals surface area contributed by atoms with Gasteiger partial charge in [-0.15, -0.1) is 0 Å². The number of ether oxygens (including phenoxy) is 1. The summed E-state index contributed by atoms with van der Waals surface area (Å²) in [5.74, 6) is -4.21. The Kier molecular flexibility index (Phi) is 4.57. The molecule has 3 aromatic rings. The molecule has 0 amide bonds. The van der Waals surface area contributed by atoms with Crippen molar-refractivity contribution in [3.05, 3.63) is 112 Å². The summed E-state index contributed by atoms with van der Waals surface area (Å²) >= 11 is 0. The van der Waals surface area contributed by atoms with Crippen molar-refractivity contribution in [2.45, 2.75) is 17.8 Å². The highest BCUT2D eigenvalue weighted by molar-refractivity contribution is 6.06. The number of rotatable bonds is 2. The Morgan fingerprint density at radius 2 is 1.44 bits per heavy atom. The number of phenols is 4. The number of carbonyl (C=O) groups excluding carboxylic acids is 1. The highest BCUT2D eigenvalue weighted by atomic mass is 16.6. The fourth-order valence-corrected chi connectivity index (χ4v) is 5.30. The van der Waals surface area contributed by atoms with Gasteiger partial charge in [0, 0.05) is 40.3 Å². The fraction of sp³-hybridized carbons (Fsp3) is 0.107. The van der Waals surface area contributed by atoms with E-state index >= 15 is 0 Å². The molecule has 3 aliphatic rings. The molecule has 0 fully saturated rings. The van der Waals surface area contributed by atoms with Crippen molar-refractivity contribution in [3.63, 3.8) is 0 Å². The summed E-state index contributed by atoms with van der Waals surface area (Å²) in [6.07, 6.45) is 1.09. The molecule has 0 unspecified atom stereocenters. The van der Waals surface area contributed by atoms with Crippen LogP contribution in [0.1, 0.15) is 28.2 Å². The zero-order valence-corrected chi connectivity index (χ0v) is 18.6. The van der Waals surface area contributed by atoms with Crippen molar-refractivity contribution in [2.75, 3.05) is 0 Å². The van der Waals surface area contributed by atoms with Crippen molar-refractivity contribution in [1.29, 1.82) is 0 Å². The molecule has 0 aromatic heterocycles. The Hall–Kier alpha value is -4.53. The van der Waals surface area contributed by atoms with Gasteiger partial charge >= 0.3 is 0 Å². The minimum absolute atomic E-state index is 0.00465. The largest absolute Gasteiger partial charge is 0.508 e. The highest BCUT2D eigenvalue weighted by Gasteiger charge is 2.53. The van der Waals surface area contributed by atoms with E-state index in [2.05, 4.69) is 0 Å². The summed E-state index contributed by atoms with van der Waals surface area (Å²) in [6.45, 7) is 0. The fourth-order valence-electron chi connectivity index (χ4n) is 5.30. The molecule has 0 saturated heterocycles. The molecular weight excluding hydrogens is 464 g/mol. The number of ketones is 1. The van der Waals surface area contributed by atoms with Gasteiger partial charge in [0.1, 0.15) is 28.8 Å². The lowest BCUT2D eigenvalue weighted by Gasteiger charge is -2.31. The van der Waals surface area contributed by atoms with Gasteiger partial charge in [-0.3, -0.25) is 4.79 Å². The van der Waals surface area contributed by atoms with Gasteiger partial charge in [0.25, 0.3) is 5.79 Å². The van der Waals surface area contributed by atoms with Gasteiger partial charge in [0.05, 0.1) is 6.10 Å². The second-order valence-corrected chi connectivity index (χ2v) is 8.99. The standard InChI is InChI=1S/C28H20O8/c29-15-5-1-13(2-6-15)23-24-19(9-17(31)11-21(24)33)26-25-20(27(23)34)10-18(32)12-22(25)36-28(26,35)14-3-7-16(30)8-4-14/h1-12,23,27,29-31,33-35H/t23-,27+,28+/m1/s1. The molecule has 0 saturated carbocycles. The van der Waals surface area contributed by atoms with Gasteiger partial charge in [0.15, 0.2) is 5.78 Å². The van der Waals surface area contributed by atoms with E-state index < -0.39 is 23.6 Å². The van der Waals surface area contributed by atoms with E-state index in [-0.39, 0.29) is 62.2 Å². The first kappa shape index (κ1) is 22.0. The van der Waals surface area contributed by atoms with Crippen LogP contribution >= 0.6 is 0 Å². The molecule has 6 rings (SSSR count). The third-order valence-electron chi connectivity index (χ3n) is 6.82. The minimum atomic E-state index is -2.18. The lowest BCUT2D eigenvalue weighted by atomic mass is 9.80. The molecular formula is C28H20O8. The van der Waals surface area contributed by atoms with Crippen LogP contribution < -0.4 is 0 Å². The number of carbonyl (C=O) groups is 1. The second-order valence-electron chi connectivity index (χ2n) is 8.99. The number of aliphatic hydroxyl groups excluding tert-OH is 1. The van der Waals surface area contributed by atoms with Crippen LogP contribution in [0.4, 0.5) is 0 Å². The maximum Gasteiger partial charge on any atom is 0.263 e. The van der Waals surface area contributed by atoms with E-state index in [1.54, 1.807) is 12.1 Å². The monoisotopic (exact) mass is 484 g/mol. The van der Waals surface area contributed by atoms with Gasteiger partial charge in [-0.2, -0.15) is 0 Å². The maximum atomic E-state index is 12.6. The highest BCUT2D eigenvalue weighted by Crippen LogP contribution is 2.58. The van der Waals surface area contributed by atoms with Crippen LogP contribution in [0, 0.1) is 0 Å². The number of allylic oxidation sites excluding steroid dienone is 3. The summed E-state index contributed by atoms with van der Waals surface area (Å²) in [4.78, 5) is 12.6. The predicted octanol–water partition coefficient (Wildman–Crippen LogP) is 3.04. The number of hydrogen-bond donors (Lipinski definition) is 6. The summed E-state index contributed by atoms with van der Waals surface area (Å²) < 4.78 is 5.95. The van der Waals surface area contributed by atoms with E-state index in [4.69, 9.17) is 4.74 Å². The quantitative estimate of drug-likeness (QED) is 0.325. The van der Waals surface area contributed by atoms with Crippen molar-refractivity contribution in [2.24, 2.45) is 0 Å². The van der Waals surface area contributed by atoms with Crippen LogP contribution in [0.2, 0.25) is 0 Å². The van der Waals surface area contributed by atoms with E-state index in [1.807, 2.05) is 0 Å². The van der Waals surface area contributed by atoms with Gasteiger partial charge < -0.3 is 35.4 Å². The Labute approximate surface area is 204 Å². The lowest BCUT2D eigenvalue weighted by molar-refractivity contribution is -0.124. The molecule has 0 bridgehead atoms. The minimum Gasteiger partial charge on any atom is -0.508 e. The molecule has 3 aromatic carbocycles. The number of hydrogen-bond acceptors (Lipinski definition) is 8. The predicted molar refractivity (Wildman–Crippen MR) is 127 cm³/mol. The van der Waals surface area contributed by atoms with E-state index in [1.165, 1.54) is 54.6 Å². The Bertz CT molecular complexity index is 1530. The Morgan fingerprint density at radius 1 is 0.806 bits per heavy atom. The van der Waals surface area contributed by atoms with Crippen LogP contribution in [0.25, 0.3) is 5.57 Å². The molecule has 0 radical (unpaired) electrons. The van der Waals surface area contributed by atoms with Crippen LogP contribution in [0.3, 0.4) is 0 Å². The van der Waals surface area contributed by atoms with E-state index in [0.717, 1.165) is 6.07 Å². The number of benzene rings is 3. The zero-order valence-electron chi connectivity index (χ0n) is 18.6. The molecule has 180 valence electrons. The SMILES string of the molecule is O=C1C=C2O[C@@](O)(c3ccc(O)cc3)C3=C2C(=C1)[C@H](O)[C@H](c1ccc(O)cc1)c1c(O)cc(O)cc13. The molecule has 3 atom stereocenters. The summed E-state index contributed by atoms with van der Waals surface area (Å²) in [6, 6.07) is 14.2. The molecule has 8 heteroatoms. The maximum absolute atomic E-state index is 12.6. The number of aromatic hydroxyl groups is 4. The van der Waals surface area contributed by atoms with Gasteiger partial charge in [-0.1, -0.05) is 12.1 Å². The van der Waals surface area contributed by atoms with Crippen molar-refractivity contribution in [1.82, 2.24) is 0 Å². The van der Waals surface area contributed by atoms with Crippen molar-refractivity contribution < 1.29 is 40.2 Å². The number of fused-ring (bicyclic) bond motifs is 2. The molecule has 0 spiro atoms. The average molecular weight is 484 g/mol. The topological polar surface area (TPSA) is 148 Å². The second kappa shape index (κ2) is 7.48. The van der Waals surface area contributed by atoms with Crippen LogP contribution in [0.5, 0.6) is 23.0 Å². The van der Waals surface area contributed by atoms with Gasteiger partial charge in [0.2, 0.25) is 0 Å². The summed E-state index contributed by atoms with van der Waals surface area (Å²) in [5.41, 5.74) is 1.70. The Morgan fingerprint density at radius 3 is 2.11 bits per heavy atom. The first-order valence-corrected chi connectivity index (χ1v) is 11.1. The number of phenolic OH excluding ortho intramolecular Hbond substituents is 4. The van der Waals surface area contributed by atoms with Gasteiger partial charge in [-0.05, 0) is 65.2 Å².